The Bertz CT molecular complexity index is 486. The highest BCUT2D eigenvalue weighted by Crippen LogP contribution is 2.30. The maximum absolute atomic E-state index is 11.5. The van der Waals surface area contributed by atoms with Gasteiger partial charge >= 0.3 is 6.09 Å². The van der Waals surface area contributed by atoms with Gasteiger partial charge in [-0.2, -0.15) is 0 Å². The molecule has 1 aromatic carbocycles. The number of hydrogen-bond acceptors (Lipinski definition) is 4. The third-order valence-corrected chi connectivity index (χ3v) is 3.66. The first-order valence-electron chi connectivity index (χ1n) is 7.40. The van der Waals surface area contributed by atoms with E-state index in [1.165, 1.54) is 0 Å². The molecule has 0 aliphatic rings. The zero-order chi connectivity index (χ0) is 16.8. The van der Waals surface area contributed by atoms with E-state index in [1.54, 1.807) is 13.8 Å². The van der Waals surface area contributed by atoms with Crippen LogP contribution in [0.5, 0.6) is 0 Å². The van der Waals surface area contributed by atoms with E-state index >= 15 is 0 Å². The normalized spacial score (nSPS) is 14.4. The number of ether oxygens (including phenoxy) is 1. The molecule has 5 nitrogen and oxygen atoms in total. The van der Waals surface area contributed by atoms with Crippen molar-refractivity contribution in [2.45, 2.75) is 38.3 Å². The maximum atomic E-state index is 11.5. The van der Waals surface area contributed by atoms with Gasteiger partial charge in [-0.1, -0.05) is 30.3 Å². The van der Waals surface area contributed by atoms with E-state index in [2.05, 4.69) is 17.0 Å². The molecule has 1 rings (SSSR count). The molecule has 0 radical (unpaired) electrons. The number of amides is 1. The van der Waals surface area contributed by atoms with Crippen molar-refractivity contribution in [3.63, 3.8) is 0 Å². The Labute approximate surface area is 132 Å². The average Bonchev–Trinajstić information content (AvgIpc) is 2.42. The van der Waals surface area contributed by atoms with Crippen molar-refractivity contribution in [2.75, 3.05) is 14.1 Å². The van der Waals surface area contributed by atoms with Crippen LogP contribution < -0.4 is 5.73 Å². The highest BCUT2D eigenvalue weighted by Gasteiger charge is 2.29. The molecule has 5 heteroatoms. The highest BCUT2D eigenvalue weighted by molar-refractivity contribution is 5.65. The van der Waals surface area contributed by atoms with E-state index < -0.39 is 11.7 Å². The third-order valence-electron chi connectivity index (χ3n) is 3.66. The van der Waals surface area contributed by atoms with Crippen LogP contribution in [0.4, 0.5) is 4.79 Å². The first-order valence-corrected chi connectivity index (χ1v) is 7.40. The van der Waals surface area contributed by atoms with Crippen molar-refractivity contribution in [2.24, 2.45) is 11.7 Å². The van der Waals surface area contributed by atoms with Crippen molar-refractivity contribution in [3.05, 3.63) is 35.9 Å². The molecule has 0 aliphatic heterocycles. The zero-order valence-electron chi connectivity index (χ0n) is 13.8. The van der Waals surface area contributed by atoms with Crippen molar-refractivity contribution in [1.82, 2.24) is 4.90 Å². The summed E-state index contributed by atoms with van der Waals surface area (Å²) in [5.41, 5.74) is 5.48. The van der Waals surface area contributed by atoms with Crippen LogP contribution in [-0.2, 0) is 9.53 Å². The highest BCUT2D eigenvalue weighted by atomic mass is 16.6. The summed E-state index contributed by atoms with van der Waals surface area (Å²) >= 11 is 0. The van der Waals surface area contributed by atoms with Gasteiger partial charge in [0.1, 0.15) is 11.9 Å². The van der Waals surface area contributed by atoms with Crippen LogP contribution in [-0.4, -0.2) is 37.0 Å². The lowest BCUT2D eigenvalue weighted by Gasteiger charge is -2.31. The van der Waals surface area contributed by atoms with Crippen LogP contribution in [0.2, 0.25) is 0 Å². The number of hydrogen-bond donors (Lipinski definition) is 1. The lowest BCUT2D eigenvalue weighted by atomic mass is 9.87. The summed E-state index contributed by atoms with van der Waals surface area (Å²) in [6, 6.07) is 10.2. The summed E-state index contributed by atoms with van der Waals surface area (Å²) in [4.78, 5) is 24.5. The molecule has 22 heavy (non-hydrogen) atoms. The molecular formula is C17H26N2O3. The molecule has 0 bridgehead atoms. The number of nitrogens with two attached hydrogens (primary N) is 1. The van der Waals surface area contributed by atoms with Gasteiger partial charge < -0.3 is 20.2 Å². The van der Waals surface area contributed by atoms with Gasteiger partial charge in [0, 0.05) is 12.0 Å². The fraction of sp³-hybridized carbons (Fsp3) is 0.529. The summed E-state index contributed by atoms with van der Waals surface area (Å²) in [5.74, 6) is -0.220. The lowest BCUT2D eigenvalue weighted by molar-refractivity contribution is -0.113. The number of carbonyl (C=O) groups is 2. The lowest BCUT2D eigenvalue weighted by Crippen LogP contribution is -2.34. The molecule has 122 valence electrons. The molecule has 0 saturated carbocycles. The van der Waals surface area contributed by atoms with Crippen LogP contribution in [0.25, 0.3) is 0 Å². The van der Waals surface area contributed by atoms with Crippen molar-refractivity contribution < 1.29 is 14.3 Å². The minimum atomic E-state index is -0.818. The Hall–Kier alpha value is -1.88. The van der Waals surface area contributed by atoms with Gasteiger partial charge in [-0.05, 0) is 46.3 Å². The van der Waals surface area contributed by atoms with E-state index in [9.17, 15) is 9.59 Å². The SMILES string of the molecule is CN(C)C(CC(C=O)CC(C)(C)OC(N)=O)c1ccccc1. The summed E-state index contributed by atoms with van der Waals surface area (Å²) in [5, 5.41) is 0. The minimum absolute atomic E-state index is 0.126. The van der Waals surface area contributed by atoms with Crippen molar-refractivity contribution in [3.8, 4) is 0 Å². The molecule has 0 saturated heterocycles. The summed E-state index contributed by atoms with van der Waals surface area (Å²) in [6.45, 7) is 3.53. The molecule has 2 unspecified atom stereocenters. The van der Waals surface area contributed by atoms with Crippen molar-refractivity contribution in [1.29, 1.82) is 0 Å². The first-order chi connectivity index (χ1) is 10.2. The molecule has 0 aromatic heterocycles. The fourth-order valence-corrected chi connectivity index (χ4v) is 2.74. The summed E-state index contributed by atoms with van der Waals surface area (Å²) in [7, 11) is 3.98. The topological polar surface area (TPSA) is 72.6 Å². The number of aldehydes is 1. The zero-order valence-corrected chi connectivity index (χ0v) is 13.8. The van der Waals surface area contributed by atoms with Crippen LogP contribution in [0.1, 0.15) is 38.3 Å². The van der Waals surface area contributed by atoms with Gasteiger partial charge in [-0.15, -0.1) is 0 Å². The Morgan fingerprint density at radius 3 is 2.36 bits per heavy atom. The molecule has 1 aromatic rings. The van der Waals surface area contributed by atoms with Gasteiger partial charge in [0.2, 0.25) is 0 Å². The number of rotatable bonds is 8. The number of nitrogens with zero attached hydrogens (tertiary/aromatic N) is 1. The second-order valence-electron chi connectivity index (χ2n) is 6.41. The van der Waals surface area contributed by atoms with Gasteiger partial charge in [-0.25, -0.2) is 4.79 Å². The summed E-state index contributed by atoms with van der Waals surface area (Å²) < 4.78 is 5.08. The van der Waals surface area contributed by atoms with E-state index in [0.717, 1.165) is 11.8 Å². The average molecular weight is 306 g/mol. The van der Waals surface area contributed by atoms with Crippen LogP contribution in [0.15, 0.2) is 30.3 Å². The van der Waals surface area contributed by atoms with E-state index in [4.69, 9.17) is 10.5 Å². The molecule has 0 heterocycles. The standard InChI is InChI=1S/C17H26N2O3/c1-17(2,22-16(18)21)11-13(12-20)10-15(19(3)4)14-8-6-5-7-9-14/h5-9,12-13,15H,10-11H2,1-4H3,(H2,18,21). The van der Waals surface area contributed by atoms with E-state index in [1.807, 2.05) is 32.3 Å². The molecule has 1 amide bonds. The molecule has 0 aliphatic carbocycles. The smallest absolute Gasteiger partial charge is 0.405 e. The van der Waals surface area contributed by atoms with E-state index in [-0.39, 0.29) is 12.0 Å². The summed E-state index contributed by atoms with van der Waals surface area (Å²) in [6.07, 6.45) is 1.22. The fourth-order valence-electron chi connectivity index (χ4n) is 2.74. The van der Waals surface area contributed by atoms with Crippen LogP contribution >= 0.6 is 0 Å². The van der Waals surface area contributed by atoms with Gasteiger partial charge in [0.15, 0.2) is 0 Å². The predicted molar refractivity (Wildman–Crippen MR) is 86.4 cm³/mol. The van der Waals surface area contributed by atoms with Crippen molar-refractivity contribution >= 4 is 12.4 Å². The largest absolute Gasteiger partial charge is 0.444 e. The van der Waals surface area contributed by atoms with Gasteiger partial charge in [-0.3, -0.25) is 0 Å². The molecule has 2 atom stereocenters. The van der Waals surface area contributed by atoms with Gasteiger partial charge in [0.05, 0.1) is 0 Å². The number of carbonyl (C=O) groups excluding carboxylic acids is 2. The second kappa shape index (κ2) is 7.94. The predicted octanol–water partition coefficient (Wildman–Crippen LogP) is 2.76. The monoisotopic (exact) mass is 306 g/mol. The first kappa shape index (κ1) is 18.2. The van der Waals surface area contributed by atoms with Crippen LogP contribution in [0, 0.1) is 5.92 Å². The molecule has 0 spiro atoms. The van der Waals surface area contributed by atoms with E-state index in [0.29, 0.717) is 12.8 Å². The Morgan fingerprint density at radius 1 is 1.32 bits per heavy atom. The number of primary amides is 1. The minimum Gasteiger partial charge on any atom is -0.444 e. The van der Waals surface area contributed by atoms with Crippen LogP contribution in [0.3, 0.4) is 0 Å². The Morgan fingerprint density at radius 2 is 1.91 bits per heavy atom. The second-order valence-corrected chi connectivity index (χ2v) is 6.41. The molecule has 0 fully saturated rings. The number of benzene rings is 1. The Kier molecular flexibility index (Phi) is 6.56. The molecule has 2 N–H and O–H groups in total. The third kappa shape index (κ3) is 5.85. The quantitative estimate of drug-likeness (QED) is 0.750. The molecular weight excluding hydrogens is 280 g/mol. The maximum Gasteiger partial charge on any atom is 0.405 e. The Balaban J connectivity index is 2.82. The van der Waals surface area contributed by atoms with Gasteiger partial charge in [0.25, 0.3) is 0 Å².